The van der Waals surface area contributed by atoms with Crippen LogP contribution >= 0.6 is 0 Å². The Morgan fingerprint density at radius 1 is 0.923 bits per heavy atom. The van der Waals surface area contributed by atoms with Gasteiger partial charge in [0.15, 0.2) is 0 Å². The standard InChI is InChI=1S/C23H32N2O/c1-4-24(5-2)16-11-17-25(20-13-7-6-8-14-20)22-18-19-12-9-10-15-21(19)23(22)26-3/h6-10,12-15,22-23H,4-5,11,16-18H2,1-3H3/t22-,23+/m1/s1. The van der Waals surface area contributed by atoms with E-state index in [9.17, 15) is 0 Å². The summed E-state index contributed by atoms with van der Waals surface area (Å²) in [6.45, 7) is 8.93. The van der Waals surface area contributed by atoms with E-state index in [2.05, 4.69) is 78.2 Å². The van der Waals surface area contributed by atoms with Gasteiger partial charge in [-0.15, -0.1) is 0 Å². The average Bonchev–Trinajstić information content (AvgIpc) is 3.07. The van der Waals surface area contributed by atoms with Gasteiger partial charge in [0.05, 0.1) is 6.04 Å². The molecule has 0 aromatic heterocycles. The molecule has 0 amide bonds. The number of hydrogen-bond donors (Lipinski definition) is 0. The zero-order chi connectivity index (χ0) is 18.4. The highest BCUT2D eigenvalue weighted by atomic mass is 16.5. The van der Waals surface area contributed by atoms with Crippen LogP contribution in [0, 0.1) is 0 Å². The van der Waals surface area contributed by atoms with Crippen LogP contribution in [0.15, 0.2) is 54.6 Å². The maximum absolute atomic E-state index is 5.97. The molecule has 0 spiro atoms. The number of methoxy groups -OCH3 is 1. The lowest BCUT2D eigenvalue weighted by Gasteiger charge is -2.35. The van der Waals surface area contributed by atoms with E-state index in [1.807, 2.05) is 7.11 Å². The van der Waals surface area contributed by atoms with Crippen molar-refractivity contribution in [1.29, 1.82) is 0 Å². The van der Waals surface area contributed by atoms with Gasteiger partial charge in [-0.05, 0) is 55.7 Å². The minimum atomic E-state index is 0.139. The van der Waals surface area contributed by atoms with Crippen LogP contribution in [0.2, 0.25) is 0 Å². The van der Waals surface area contributed by atoms with Crippen molar-refractivity contribution in [3.63, 3.8) is 0 Å². The van der Waals surface area contributed by atoms with Crippen molar-refractivity contribution in [3.8, 4) is 0 Å². The monoisotopic (exact) mass is 352 g/mol. The SMILES string of the molecule is CCN(CC)CCCN(c1ccccc1)[C@@H]1Cc2ccccc2[C@@H]1OC. The summed E-state index contributed by atoms with van der Waals surface area (Å²) in [7, 11) is 1.85. The number of ether oxygens (including phenoxy) is 1. The Hall–Kier alpha value is -1.84. The molecule has 3 heteroatoms. The second kappa shape index (κ2) is 9.20. The summed E-state index contributed by atoms with van der Waals surface area (Å²) in [5.74, 6) is 0. The van der Waals surface area contributed by atoms with E-state index in [0.29, 0.717) is 6.04 Å². The van der Waals surface area contributed by atoms with Gasteiger partial charge in [-0.2, -0.15) is 0 Å². The molecule has 0 heterocycles. The second-order valence-corrected chi connectivity index (χ2v) is 7.04. The van der Waals surface area contributed by atoms with Gasteiger partial charge in [0.1, 0.15) is 6.10 Å². The summed E-state index contributed by atoms with van der Waals surface area (Å²) < 4.78 is 5.97. The van der Waals surface area contributed by atoms with Crippen LogP contribution in [0.3, 0.4) is 0 Å². The predicted molar refractivity (Wildman–Crippen MR) is 110 cm³/mol. The van der Waals surface area contributed by atoms with E-state index >= 15 is 0 Å². The third-order valence-electron chi connectivity index (χ3n) is 5.65. The number of anilines is 1. The smallest absolute Gasteiger partial charge is 0.103 e. The number of nitrogens with zero attached hydrogens (tertiary/aromatic N) is 2. The van der Waals surface area contributed by atoms with Gasteiger partial charge < -0.3 is 14.5 Å². The van der Waals surface area contributed by atoms with E-state index in [4.69, 9.17) is 4.74 Å². The van der Waals surface area contributed by atoms with E-state index < -0.39 is 0 Å². The molecule has 2 aromatic rings. The summed E-state index contributed by atoms with van der Waals surface area (Å²) in [5.41, 5.74) is 4.07. The number of fused-ring (bicyclic) bond motifs is 1. The molecule has 0 N–H and O–H groups in total. The molecule has 3 nitrogen and oxygen atoms in total. The van der Waals surface area contributed by atoms with Gasteiger partial charge in [0.2, 0.25) is 0 Å². The molecule has 0 bridgehead atoms. The van der Waals surface area contributed by atoms with Gasteiger partial charge in [0, 0.05) is 19.3 Å². The maximum atomic E-state index is 5.97. The first kappa shape index (κ1) is 18.9. The van der Waals surface area contributed by atoms with Crippen LogP contribution in [0.4, 0.5) is 5.69 Å². The fourth-order valence-electron chi connectivity index (χ4n) is 4.21. The van der Waals surface area contributed by atoms with Crippen LogP contribution in [0.25, 0.3) is 0 Å². The van der Waals surface area contributed by atoms with Gasteiger partial charge in [0.25, 0.3) is 0 Å². The van der Waals surface area contributed by atoms with Gasteiger partial charge in [-0.1, -0.05) is 56.3 Å². The molecule has 0 aliphatic heterocycles. The van der Waals surface area contributed by atoms with E-state index in [-0.39, 0.29) is 6.10 Å². The molecular formula is C23H32N2O. The quantitative estimate of drug-likeness (QED) is 0.659. The summed E-state index contributed by atoms with van der Waals surface area (Å²) in [4.78, 5) is 5.07. The Morgan fingerprint density at radius 2 is 1.62 bits per heavy atom. The molecule has 140 valence electrons. The molecule has 2 aromatic carbocycles. The molecule has 0 saturated carbocycles. The summed E-state index contributed by atoms with van der Waals surface area (Å²) in [6, 6.07) is 19.9. The van der Waals surface area contributed by atoms with Gasteiger partial charge in [-0.3, -0.25) is 0 Å². The maximum Gasteiger partial charge on any atom is 0.103 e. The summed E-state index contributed by atoms with van der Waals surface area (Å²) in [5, 5.41) is 0. The highest BCUT2D eigenvalue weighted by Crippen LogP contribution is 2.38. The normalized spacial score (nSPS) is 18.9. The number of benzene rings is 2. The Labute approximate surface area is 158 Å². The largest absolute Gasteiger partial charge is 0.375 e. The lowest BCUT2D eigenvalue weighted by Crippen LogP contribution is -2.41. The Balaban J connectivity index is 1.80. The van der Waals surface area contributed by atoms with Crippen LogP contribution in [-0.4, -0.2) is 44.2 Å². The molecule has 0 unspecified atom stereocenters. The van der Waals surface area contributed by atoms with Crippen LogP contribution in [0.5, 0.6) is 0 Å². The fraction of sp³-hybridized carbons (Fsp3) is 0.478. The third kappa shape index (κ3) is 4.11. The topological polar surface area (TPSA) is 15.7 Å². The first-order valence-electron chi connectivity index (χ1n) is 9.93. The molecular weight excluding hydrogens is 320 g/mol. The number of rotatable bonds is 9. The highest BCUT2D eigenvalue weighted by molar-refractivity contribution is 5.50. The minimum absolute atomic E-state index is 0.139. The van der Waals surface area contributed by atoms with Gasteiger partial charge in [-0.25, -0.2) is 0 Å². The van der Waals surface area contributed by atoms with Crippen LogP contribution < -0.4 is 4.90 Å². The lowest BCUT2D eigenvalue weighted by molar-refractivity contribution is 0.0869. The lowest BCUT2D eigenvalue weighted by atomic mass is 10.1. The van der Waals surface area contributed by atoms with Crippen molar-refractivity contribution in [2.45, 2.75) is 38.8 Å². The van der Waals surface area contributed by atoms with Crippen LogP contribution in [-0.2, 0) is 11.2 Å². The van der Waals surface area contributed by atoms with E-state index in [1.54, 1.807) is 0 Å². The Kier molecular flexibility index (Phi) is 6.70. The first-order valence-corrected chi connectivity index (χ1v) is 9.93. The van der Waals surface area contributed by atoms with Crippen molar-refractivity contribution in [2.75, 3.05) is 38.2 Å². The molecule has 3 rings (SSSR count). The average molecular weight is 353 g/mol. The summed E-state index contributed by atoms with van der Waals surface area (Å²) >= 11 is 0. The number of para-hydroxylation sites is 1. The van der Waals surface area contributed by atoms with Crippen molar-refractivity contribution in [2.24, 2.45) is 0 Å². The first-order chi connectivity index (χ1) is 12.8. The van der Waals surface area contributed by atoms with Crippen molar-refractivity contribution >= 4 is 5.69 Å². The molecule has 0 saturated heterocycles. The Morgan fingerprint density at radius 3 is 2.31 bits per heavy atom. The molecule has 0 radical (unpaired) electrons. The molecule has 1 aliphatic rings. The van der Waals surface area contributed by atoms with Crippen molar-refractivity contribution in [1.82, 2.24) is 4.90 Å². The molecule has 26 heavy (non-hydrogen) atoms. The number of hydrogen-bond acceptors (Lipinski definition) is 3. The second-order valence-electron chi connectivity index (χ2n) is 7.04. The van der Waals surface area contributed by atoms with Crippen molar-refractivity contribution in [3.05, 3.63) is 65.7 Å². The van der Waals surface area contributed by atoms with Gasteiger partial charge >= 0.3 is 0 Å². The molecule has 0 fully saturated rings. The van der Waals surface area contributed by atoms with Crippen molar-refractivity contribution < 1.29 is 4.74 Å². The molecule has 2 atom stereocenters. The fourth-order valence-corrected chi connectivity index (χ4v) is 4.21. The van der Waals surface area contributed by atoms with E-state index in [1.165, 1.54) is 23.2 Å². The van der Waals surface area contributed by atoms with Crippen LogP contribution in [0.1, 0.15) is 37.5 Å². The predicted octanol–water partition coefficient (Wildman–Crippen LogP) is 4.54. The van der Waals surface area contributed by atoms with E-state index in [0.717, 1.165) is 32.6 Å². The highest BCUT2D eigenvalue weighted by Gasteiger charge is 2.36. The zero-order valence-electron chi connectivity index (χ0n) is 16.4. The third-order valence-corrected chi connectivity index (χ3v) is 5.65. The Bertz CT molecular complexity index is 669. The minimum Gasteiger partial charge on any atom is -0.375 e. The summed E-state index contributed by atoms with van der Waals surface area (Å²) in [6.07, 6.45) is 2.36. The molecule has 1 aliphatic carbocycles. The zero-order valence-corrected chi connectivity index (χ0v) is 16.4.